The van der Waals surface area contributed by atoms with Gasteiger partial charge >= 0.3 is 0 Å². The number of ether oxygens (including phenoxy) is 1. The van der Waals surface area contributed by atoms with Gasteiger partial charge in [0.2, 0.25) is 5.91 Å². The standard InChI is InChI=1S/C21H22N2O4/c24-20(8-3-11-23-21(25)19-7-4-13-27-19)22-12-14-26-18-10-9-16-5-1-2-6-17(16)15-18/h1-2,4-7,9-10,13,15H,3,8,11-12,14H2,(H,22,24)(H,23,25). The number of nitrogens with one attached hydrogen (secondary N) is 2. The summed E-state index contributed by atoms with van der Waals surface area (Å²) in [6.07, 6.45) is 2.35. The van der Waals surface area contributed by atoms with Crippen molar-refractivity contribution < 1.29 is 18.7 Å². The number of carbonyl (C=O) groups excluding carboxylic acids is 2. The quantitative estimate of drug-likeness (QED) is 0.570. The number of fused-ring (bicyclic) bond motifs is 1. The van der Waals surface area contributed by atoms with Gasteiger partial charge in [-0.15, -0.1) is 0 Å². The Morgan fingerprint density at radius 1 is 0.926 bits per heavy atom. The van der Waals surface area contributed by atoms with Crippen LogP contribution in [0.25, 0.3) is 10.8 Å². The second kappa shape index (κ2) is 9.43. The largest absolute Gasteiger partial charge is 0.492 e. The summed E-state index contributed by atoms with van der Waals surface area (Å²) in [5.74, 6) is 0.711. The second-order valence-electron chi connectivity index (χ2n) is 6.04. The zero-order chi connectivity index (χ0) is 18.9. The molecule has 0 saturated carbocycles. The molecule has 0 saturated heterocycles. The fourth-order valence-electron chi connectivity index (χ4n) is 2.65. The van der Waals surface area contributed by atoms with E-state index in [9.17, 15) is 9.59 Å². The van der Waals surface area contributed by atoms with Crippen LogP contribution in [0.15, 0.2) is 65.3 Å². The van der Waals surface area contributed by atoms with E-state index in [1.807, 2.05) is 36.4 Å². The topological polar surface area (TPSA) is 80.6 Å². The molecule has 0 unspecified atom stereocenters. The van der Waals surface area contributed by atoms with Crippen LogP contribution in [0.1, 0.15) is 23.4 Å². The van der Waals surface area contributed by atoms with Gasteiger partial charge in [-0.25, -0.2) is 0 Å². The van der Waals surface area contributed by atoms with E-state index < -0.39 is 0 Å². The lowest BCUT2D eigenvalue weighted by Crippen LogP contribution is -2.29. The van der Waals surface area contributed by atoms with E-state index in [1.165, 1.54) is 6.26 Å². The molecule has 6 nitrogen and oxygen atoms in total. The average Bonchev–Trinajstić information content (AvgIpc) is 3.23. The first-order chi connectivity index (χ1) is 13.2. The first-order valence-corrected chi connectivity index (χ1v) is 8.92. The lowest BCUT2D eigenvalue weighted by molar-refractivity contribution is -0.121. The summed E-state index contributed by atoms with van der Waals surface area (Å²) in [5, 5.41) is 7.80. The van der Waals surface area contributed by atoms with Crippen molar-refractivity contribution in [1.29, 1.82) is 0 Å². The maximum Gasteiger partial charge on any atom is 0.286 e. The van der Waals surface area contributed by atoms with Crippen molar-refractivity contribution in [2.24, 2.45) is 0 Å². The van der Waals surface area contributed by atoms with E-state index in [0.717, 1.165) is 16.5 Å². The number of hydrogen-bond donors (Lipinski definition) is 2. The third-order valence-corrected chi connectivity index (χ3v) is 4.03. The van der Waals surface area contributed by atoms with Gasteiger partial charge in [0, 0.05) is 13.0 Å². The number of rotatable bonds is 9. The molecule has 0 radical (unpaired) electrons. The highest BCUT2D eigenvalue weighted by Crippen LogP contribution is 2.20. The molecule has 3 aromatic rings. The normalized spacial score (nSPS) is 10.5. The second-order valence-corrected chi connectivity index (χ2v) is 6.04. The zero-order valence-electron chi connectivity index (χ0n) is 14.9. The summed E-state index contributed by atoms with van der Waals surface area (Å²) < 4.78 is 10.7. The monoisotopic (exact) mass is 366 g/mol. The maximum atomic E-state index is 11.8. The minimum atomic E-state index is -0.274. The summed E-state index contributed by atoms with van der Waals surface area (Å²) in [6, 6.07) is 17.3. The molecule has 140 valence electrons. The summed E-state index contributed by atoms with van der Waals surface area (Å²) in [6.45, 7) is 1.25. The maximum absolute atomic E-state index is 11.8. The lowest BCUT2D eigenvalue weighted by atomic mass is 10.1. The van der Waals surface area contributed by atoms with Gasteiger partial charge in [-0.2, -0.15) is 0 Å². The minimum Gasteiger partial charge on any atom is -0.492 e. The molecule has 0 spiro atoms. The molecule has 3 rings (SSSR count). The van der Waals surface area contributed by atoms with Crippen LogP contribution < -0.4 is 15.4 Å². The Morgan fingerprint density at radius 2 is 1.78 bits per heavy atom. The predicted molar refractivity (Wildman–Crippen MR) is 103 cm³/mol. The molecule has 6 heteroatoms. The Morgan fingerprint density at radius 3 is 2.59 bits per heavy atom. The van der Waals surface area contributed by atoms with Gasteiger partial charge in [-0.3, -0.25) is 9.59 Å². The van der Waals surface area contributed by atoms with Crippen molar-refractivity contribution in [2.45, 2.75) is 12.8 Å². The van der Waals surface area contributed by atoms with E-state index in [0.29, 0.717) is 32.5 Å². The van der Waals surface area contributed by atoms with Gasteiger partial charge in [-0.05, 0) is 41.5 Å². The van der Waals surface area contributed by atoms with Crippen LogP contribution in [0.4, 0.5) is 0 Å². The fraction of sp³-hybridized carbons (Fsp3) is 0.238. The van der Waals surface area contributed by atoms with Crippen molar-refractivity contribution in [3.63, 3.8) is 0 Å². The van der Waals surface area contributed by atoms with Crippen molar-refractivity contribution in [3.8, 4) is 5.75 Å². The zero-order valence-corrected chi connectivity index (χ0v) is 14.9. The molecule has 2 N–H and O–H groups in total. The van der Waals surface area contributed by atoms with E-state index in [4.69, 9.17) is 9.15 Å². The molecule has 0 aliphatic rings. The van der Waals surface area contributed by atoms with Crippen molar-refractivity contribution >= 4 is 22.6 Å². The van der Waals surface area contributed by atoms with Gasteiger partial charge < -0.3 is 19.8 Å². The van der Waals surface area contributed by atoms with Gasteiger partial charge in [0.05, 0.1) is 12.8 Å². The molecule has 0 atom stereocenters. The van der Waals surface area contributed by atoms with Gasteiger partial charge in [0.15, 0.2) is 5.76 Å². The molecule has 0 fully saturated rings. The third-order valence-electron chi connectivity index (χ3n) is 4.03. The van der Waals surface area contributed by atoms with Crippen LogP contribution in [0.3, 0.4) is 0 Å². The molecule has 27 heavy (non-hydrogen) atoms. The summed E-state index contributed by atoms with van der Waals surface area (Å²) in [4.78, 5) is 23.5. The summed E-state index contributed by atoms with van der Waals surface area (Å²) in [7, 11) is 0. The number of benzene rings is 2. The summed E-state index contributed by atoms with van der Waals surface area (Å²) >= 11 is 0. The first kappa shape index (κ1) is 18.5. The molecule has 0 aliphatic carbocycles. The number of carbonyl (C=O) groups is 2. The smallest absolute Gasteiger partial charge is 0.286 e. The van der Waals surface area contributed by atoms with E-state index in [1.54, 1.807) is 12.1 Å². The minimum absolute atomic E-state index is 0.0654. The van der Waals surface area contributed by atoms with Gasteiger partial charge in [-0.1, -0.05) is 30.3 Å². The van der Waals surface area contributed by atoms with Crippen LogP contribution in [0.2, 0.25) is 0 Å². The highest BCUT2D eigenvalue weighted by atomic mass is 16.5. The van der Waals surface area contributed by atoms with Crippen LogP contribution >= 0.6 is 0 Å². The Hall–Kier alpha value is -3.28. The molecule has 2 aromatic carbocycles. The molecule has 0 aliphatic heterocycles. The Labute approximate surface area is 157 Å². The van der Waals surface area contributed by atoms with Crippen LogP contribution in [0.5, 0.6) is 5.75 Å². The van der Waals surface area contributed by atoms with Crippen LogP contribution in [0, 0.1) is 0 Å². The van der Waals surface area contributed by atoms with Crippen LogP contribution in [-0.2, 0) is 4.79 Å². The molecular formula is C21H22N2O4. The highest BCUT2D eigenvalue weighted by molar-refractivity contribution is 5.91. The fourth-order valence-corrected chi connectivity index (χ4v) is 2.65. The first-order valence-electron chi connectivity index (χ1n) is 8.92. The van der Waals surface area contributed by atoms with Crippen LogP contribution in [-0.4, -0.2) is 31.5 Å². The SMILES string of the molecule is O=C(CCCNC(=O)c1ccco1)NCCOc1ccc2ccccc2c1. The number of furan rings is 1. The molecule has 0 bridgehead atoms. The van der Waals surface area contributed by atoms with E-state index in [2.05, 4.69) is 16.7 Å². The summed E-state index contributed by atoms with van der Waals surface area (Å²) in [5.41, 5.74) is 0. The number of hydrogen-bond acceptors (Lipinski definition) is 4. The predicted octanol–water partition coefficient (Wildman–Crippen LogP) is 3.14. The molecule has 1 aromatic heterocycles. The highest BCUT2D eigenvalue weighted by Gasteiger charge is 2.07. The Bertz CT molecular complexity index is 890. The van der Waals surface area contributed by atoms with Gasteiger partial charge in [0.1, 0.15) is 12.4 Å². The number of amides is 2. The van der Waals surface area contributed by atoms with E-state index in [-0.39, 0.29) is 17.6 Å². The van der Waals surface area contributed by atoms with Crippen molar-refractivity contribution in [1.82, 2.24) is 10.6 Å². The Balaban J connectivity index is 1.28. The van der Waals surface area contributed by atoms with Gasteiger partial charge in [0.25, 0.3) is 5.91 Å². The molecule has 2 amide bonds. The molecule has 1 heterocycles. The van der Waals surface area contributed by atoms with Crippen molar-refractivity contribution in [3.05, 3.63) is 66.6 Å². The van der Waals surface area contributed by atoms with Crippen molar-refractivity contribution in [2.75, 3.05) is 19.7 Å². The third kappa shape index (κ3) is 5.60. The Kier molecular flexibility index (Phi) is 6.46. The lowest BCUT2D eigenvalue weighted by Gasteiger charge is -2.09. The average molecular weight is 366 g/mol. The molecular weight excluding hydrogens is 344 g/mol. The van der Waals surface area contributed by atoms with E-state index >= 15 is 0 Å².